The van der Waals surface area contributed by atoms with Gasteiger partial charge in [-0.1, -0.05) is 40.9 Å². The number of halogens is 1. The lowest BCUT2D eigenvalue weighted by molar-refractivity contribution is -0.126. The van der Waals surface area contributed by atoms with Crippen molar-refractivity contribution in [2.45, 2.75) is 31.1 Å². The first kappa shape index (κ1) is 14.1. The molecule has 1 saturated heterocycles. The average molecular weight is 337 g/mol. The van der Waals surface area contributed by atoms with E-state index in [0.717, 1.165) is 49.8 Å². The number of hydrogen-bond acceptors (Lipinski definition) is 2. The minimum Gasteiger partial charge on any atom is -0.355 e. The summed E-state index contributed by atoms with van der Waals surface area (Å²) in [7, 11) is 0. The summed E-state index contributed by atoms with van der Waals surface area (Å²) in [6, 6.07) is 8.27. The predicted octanol–water partition coefficient (Wildman–Crippen LogP) is 2.60. The van der Waals surface area contributed by atoms with Gasteiger partial charge < -0.3 is 10.6 Å². The first-order valence-corrected chi connectivity index (χ1v) is 8.25. The molecule has 3 rings (SSSR count). The molecule has 2 aliphatic rings. The SMILES string of the molecule is O=C(NCC1CNC1)C1(c2ccc(Br)cc2)CCCC1. The summed E-state index contributed by atoms with van der Waals surface area (Å²) < 4.78 is 1.07. The van der Waals surface area contributed by atoms with Crippen LogP contribution in [0, 0.1) is 5.92 Å². The minimum absolute atomic E-state index is 0.226. The lowest BCUT2D eigenvalue weighted by Crippen LogP contribution is -2.51. The second-order valence-electron chi connectivity index (χ2n) is 6.03. The van der Waals surface area contributed by atoms with Crippen LogP contribution in [0.5, 0.6) is 0 Å². The molecule has 1 saturated carbocycles. The molecule has 1 amide bonds. The molecule has 2 N–H and O–H groups in total. The molecule has 0 aromatic heterocycles. The van der Waals surface area contributed by atoms with E-state index in [1.165, 1.54) is 5.56 Å². The van der Waals surface area contributed by atoms with Gasteiger partial charge in [0.25, 0.3) is 0 Å². The van der Waals surface area contributed by atoms with Crippen molar-refractivity contribution in [3.05, 3.63) is 34.3 Å². The molecule has 0 radical (unpaired) electrons. The van der Waals surface area contributed by atoms with Crippen molar-refractivity contribution in [2.24, 2.45) is 5.92 Å². The van der Waals surface area contributed by atoms with Crippen molar-refractivity contribution in [3.63, 3.8) is 0 Å². The van der Waals surface area contributed by atoms with E-state index in [1.54, 1.807) is 0 Å². The summed E-state index contributed by atoms with van der Waals surface area (Å²) in [6.45, 7) is 2.88. The number of rotatable bonds is 4. The monoisotopic (exact) mass is 336 g/mol. The van der Waals surface area contributed by atoms with Crippen LogP contribution in [-0.4, -0.2) is 25.5 Å². The zero-order valence-corrected chi connectivity index (χ0v) is 13.2. The van der Waals surface area contributed by atoms with E-state index in [9.17, 15) is 4.79 Å². The normalized spacial score (nSPS) is 21.4. The maximum atomic E-state index is 12.8. The predicted molar refractivity (Wildman–Crippen MR) is 83.7 cm³/mol. The van der Waals surface area contributed by atoms with Gasteiger partial charge in [0.2, 0.25) is 5.91 Å². The Morgan fingerprint density at radius 1 is 1.25 bits per heavy atom. The highest BCUT2D eigenvalue weighted by atomic mass is 79.9. The fourth-order valence-corrected chi connectivity index (χ4v) is 3.56. The van der Waals surface area contributed by atoms with Crippen LogP contribution in [0.1, 0.15) is 31.2 Å². The van der Waals surface area contributed by atoms with Gasteiger partial charge in [0.05, 0.1) is 5.41 Å². The molecule has 1 heterocycles. The summed E-state index contributed by atoms with van der Waals surface area (Å²) in [5.41, 5.74) is 0.875. The van der Waals surface area contributed by atoms with E-state index < -0.39 is 0 Å². The van der Waals surface area contributed by atoms with Crippen LogP contribution in [0.15, 0.2) is 28.7 Å². The van der Waals surface area contributed by atoms with Crippen molar-refractivity contribution < 1.29 is 4.79 Å². The van der Waals surface area contributed by atoms with Gasteiger partial charge in [0.1, 0.15) is 0 Å². The van der Waals surface area contributed by atoms with E-state index in [1.807, 2.05) is 12.1 Å². The summed E-state index contributed by atoms with van der Waals surface area (Å²) in [4.78, 5) is 12.8. The molecule has 0 spiro atoms. The van der Waals surface area contributed by atoms with Gasteiger partial charge in [0, 0.05) is 30.0 Å². The molecule has 1 aliphatic heterocycles. The molecule has 0 bridgehead atoms. The third-order valence-corrected chi connectivity index (χ3v) is 5.23. The van der Waals surface area contributed by atoms with Crippen LogP contribution in [0.4, 0.5) is 0 Å². The van der Waals surface area contributed by atoms with Gasteiger partial charge in [-0.2, -0.15) is 0 Å². The second kappa shape index (κ2) is 5.86. The van der Waals surface area contributed by atoms with Crippen LogP contribution >= 0.6 is 15.9 Å². The quantitative estimate of drug-likeness (QED) is 0.887. The van der Waals surface area contributed by atoms with Crippen LogP contribution in [0.25, 0.3) is 0 Å². The fourth-order valence-electron chi connectivity index (χ4n) is 3.29. The van der Waals surface area contributed by atoms with Crippen LogP contribution < -0.4 is 10.6 Å². The molecular formula is C16H21BrN2O. The Labute approximate surface area is 128 Å². The minimum atomic E-state index is -0.294. The Kier molecular flexibility index (Phi) is 4.13. The first-order chi connectivity index (χ1) is 9.71. The van der Waals surface area contributed by atoms with Crippen molar-refractivity contribution >= 4 is 21.8 Å². The number of carbonyl (C=O) groups is 1. The molecule has 1 aliphatic carbocycles. The molecule has 0 atom stereocenters. The molecule has 3 nitrogen and oxygen atoms in total. The molecule has 20 heavy (non-hydrogen) atoms. The number of carbonyl (C=O) groups excluding carboxylic acids is 1. The highest BCUT2D eigenvalue weighted by molar-refractivity contribution is 9.10. The van der Waals surface area contributed by atoms with Crippen molar-refractivity contribution in [3.8, 4) is 0 Å². The van der Waals surface area contributed by atoms with Crippen LogP contribution in [0.2, 0.25) is 0 Å². The second-order valence-corrected chi connectivity index (χ2v) is 6.95. The van der Waals surface area contributed by atoms with Gasteiger partial charge >= 0.3 is 0 Å². The molecule has 1 aromatic rings. The zero-order valence-electron chi connectivity index (χ0n) is 11.6. The Bertz CT molecular complexity index is 476. The number of nitrogens with one attached hydrogen (secondary N) is 2. The van der Waals surface area contributed by atoms with Gasteiger partial charge in [-0.25, -0.2) is 0 Å². The van der Waals surface area contributed by atoms with Crippen LogP contribution in [-0.2, 0) is 10.2 Å². The summed E-state index contributed by atoms with van der Waals surface area (Å²) in [6.07, 6.45) is 4.25. The standard InChI is InChI=1S/C16H21BrN2O/c17-14-5-3-13(4-6-14)16(7-1-2-8-16)15(20)19-11-12-9-18-10-12/h3-6,12,18H,1-2,7-11H2,(H,19,20). The lowest BCUT2D eigenvalue weighted by atomic mass is 9.78. The maximum absolute atomic E-state index is 12.8. The Morgan fingerprint density at radius 2 is 1.90 bits per heavy atom. The van der Waals surface area contributed by atoms with Gasteiger partial charge in [-0.15, -0.1) is 0 Å². The van der Waals surface area contributed by atoms with Crippen molar-refractivity contribution in [1.29, 1.82) is 0 Å². The molecule has 4 heteroatoms. The molecule has 0 unspecified atom stereocenters. The lowest BCUT2D eigenvalue weighted by Gasteiger charge is -2.32. The zero-order chi connectivity index (χ0) is 14.0. The highest BCUT2D eigenvalue weighted by Gasteiger charge is 2.42. The Hall–Kier alpha value is -0.870. The maximum Gasteiger partial charge on any atom is 0.230 e. The van der Waals surface area contributed by atoms with Crippen LogP contribution in [0.3, 0.4) is 0 Å². The first-order valence-electron chi connectivity index (χ1n) is 7.46. The molecule has 108 valence electrons. The van der Waals surface area contributed by atoms with Crippen molar-refractivity contribution in [2.75, 3.05) is 19.6 Å². The molecule has 1 aromatic carbocycles. The third-order valence-electron chi connectivity index (χ3n) is 4.71. The smallest absolute Gasteiger partial charge is 0.230 e. The highest BCUT2D eigenvalue weighted by Crippen LogP contribution is 2.41. The van der Waals surface area contributed by atoms with E-state index in [2.05, 4.69) is 38.7 Å². The van der Waals surface area contributed by atoms with Gasteiger partial charge in [-0.05, 0) is 30.5 Å². The van der Waals surface area contributed by atoms with Gasteiger partial charge in [-0.3, -0.25) is 4.79 Å². The number of benzene rings is 1. The number of hydrogen-bond donors (Lipinski definition) is 2. The number of amides is 1. The average Bonchev–Trinajstić information content (AvgIpc) is 2.88. The molecule has 2 fully saturated rings. The van der Waals surface area contributed by atoms with E-state index in [-0.39, 0.29) is 11.3 Å². The third kappa shape index (κ3) is 2.63. The van der Waals surface area contributed by atoms with E-state index in [0.29, 0.717) is 5.92 Å². The fraction of sp³-hybridized carbons (Fsp3) is 0.562. The summed E-state index contributed by atoms with van der Waals surface area (Å²) >= 11 is 3.47. The Balaban J connectivity index is 1.75. The Morgan fingerprint density at radius 3 is 2.45 bits per heavy atom. The van der Waals surface area contributed by atoms with Crippen molar-refractivity contribution in [1.82, 2.24) is 10.6 Å². The summed E-state index contributed by atoms with van der Waals surface area (Å²) in [5, 5.41) is 6.44. The topological polar surface area (TPSA) is 41.1 Å². The van der Waals surface area contributed by atoms with Gasteiger partial charge in [0.15, 0.2) is 0 Å². The van der Waals surface area contributed by atoms with E-state index in [4.69, 9.17) is 0 Å². The largest absolute Gasteiger partial charge is 0.355 e. The van der Waals surface area contributed by atoms with E-state index >= 15 is 0 Å². The summed E-state index contributed by atoms with van der Waals surface area (Å²) in [5.74, 6) is 0.839. The molecular weight excluding hydrogens is 316 g/mol.